The minimum atomic E-state index is -0.472. The highest BCUT2D eigenvalue weighted by atomic mass is 16.3. The molecule has 0 bridgehead atoms. The Bertz CT molecular complexity index is 717. The van der Waals surface area contributed by atoms with Crippen LogP contribution in [-0.4, -0.2) is 78.3 Å². The number of imide groups is 1. The van der Waals surface area contributed by atoms with Gasteiger partial charge in [-0.1, -0.05) is 0 Å². The number of aliphatic imine (C=N–C) groups is 1. The fraction of sp³-hybridized carbons (Fsp3) is 0.556. The third kappa shape index (κ3) is 4.12. The van der Waals surface area contributed by atoms with Crippen LogP contribution in [0.4, 0.5) is 4.79 Å². The van der Waals surface area contributed by atoms with E-state index in [-0.39, 0.29) is 17.8 Å². The summed E-state index contributed by atoms with van der Waals surface area (Å²) in [7, 11) is 3.14. The number of fused-ring (bicyclic) bond motifs is 1. The Hall–Kier alpha value is -2.84. The number of unbranched alkanes of at least 4 members (excludes halogenated alkanes) is 1. The maximum absolute atomic E-state index is 12.4. The largest absolute Gasteiger partial charge is 0.469 e. The molecule has 1 aromatic heterocycles. The van der Waals surface area contributed by atoms with Crippen LogP contribution in [-0.2, 0) is 16.0 Å². The summed E-state index contributed by atoms with van der Waals surface area (Å²) in [5.74, 6) is 0.619. The molecule has 27 heavy (non-hydrogen) atoms. The first-order chi connectivity index (χ1) is 13.0. The van der Waals surface area contributed by atoms with E-state index in [1.807, 2.05) is 17.0 Å². The van der Waals surface area contributed by atoms with Gasteiger partial charge in [0.05, 0.1) is 12.6 Å². The number of furan rings is 1. The molecule has 146 valence electrons. The molecule has 0 spiro atoms. The lowest BCUT2D eigenvalue weighted by atomic mass is 10.1. The minimum Gasteiger partial charge on any atom is -0.469 e. The summed E-state index contributed by atoms with van der Waals surface area (Å²) < 4.78 is 5.22. The number of likely N-dealkylation sites (N-methyl/N-ethyl adjacent to an activating group) is 2. The number of rotatable bonds is 8. The van der Waals surface area contributed by atoms with Gasteiger partial charge in [-0.2, -0.15) is 0 Å². The minimum absolute atomic E-state index is 0.00771. The van der Waals surface area contributed by atoms with E-state index in [0.717, 1.165) is 17.1 Å². The summed E-state index contributed by atoms with van der Waals surface area (Å²) in [4.78, 5) is 45.1. The van der Waals surface area contributed by atoms with Crippen LogP contribution < -0.4 is 5.32 Å². The topological polar surface area (TPSA) is 98.5 Å². The summed E-state index contributed by atoms with van der Waals surface area (Å²) in [6, 6.07) is 2.89. The second kappa shape index (κ2) is 8.24. The van der Waals surface area contributed by atoms with Gasteiger partial charge in [-0.3, -0.25) is 14.5 Å². The van der Waals surface area contributed by atoms with Crippen molar-refractivity contribution in [1.29, 1.82) is 0 Å². The average molecular weight is 375 g/mol. The number of nitrogens with one attached hydrogen (secondary N) is 1. The highest BCUT2D eigenvalue weighted by molar-refractivity contribution is 6.01. The number of nitrogens with zero attached hydrogens (tertiary/aromatic N) is 4. The lowest BCUT2D eigenvalue weighted by Gasteiger charge is -2.39. The predicted molar refractivity (Wildman–Crippen MR) is 98.0 cm³/mol. The number of urea groups is 1. The Labute approximate surface area is 158 Å². The van der Waals surface area contributed by atoms with Crippen molar-refractivity contribution in [3.05, 3.63) is 24.2 Å². The molecule has 0 aromatic carbocycles. The first-order valence-electron chi connectivity index (χ1n) is 9.11. The summed E-state index contributed by atoms with van der Waals surface area (Å²) >= 11 is 0. The zero-order valence-electron chi connectivity index (χ0n) is 15.6. The molecule has 0 saturated carbocycles. The molecule has 1 saturated heterocycles. The summed E-state index contributed by atoms with van der Waals surface area (Å²) in [6.45, 7) is 1.17. The Morgan fingerprint density at radius 2 is 2.11 bits per heavy atom. The van der Waals surface area contributed by atoms with Crippen LogP contribution in [0.1, 0.15) is 25.0 Å². The van der Waals surface area contributed by atoms with E-state index in [2.05, 4.69) is 10.3 Å². The Morgan fingerprint density at radius 1 is 1.30 bits per heavy atom. The maximum atomic E-state index is 12.4. The SMILES string of the molecule is CN1C(=O)C2C(N=CN2CCCCC(=O)NCCc2ccco2)N(C)C1=O. The van der Waals surface area contributed by atoms with Crippen LogP contribution in [0, 0.1) is 0 Å². The second-order valence-corrected chi connectivity index (χ2v) is 6.79. The number of carbonyl (C=O) groups excluding carboxylic acids is 3. The van der Waals surface area contributed by atoms with Gasteiger partial charge in [-0.05, 0) is 25.0 Å². The van der Waals surface area contributed by atoms with Gasteiger partial charge in [0.1, 0.15) is 5.76 Å². The summed E-state index contributed by atoms with van der Waals surface area (Å²) in [5.41, 5.74) is 0. The summed E-state index contributed by atoms with van der Waals surface area (Å²) in [6.07, 6.45) is 5.37. The van der Waals surface area contributed by atoms with Crippen molar-refractivity contribution >= 4 is 24.2 Å². The third-order valence-electron chi connectivity index (χ3n) is 4.92. The zero-order chi connectivity index (χ0) is 19.4. The molecule has 2 unspecified atom stereocenters. The summed E-state index contributed by atoms with van der Waals surface area (Å²) in [5, 5.41) is 2.87. The standard InChI is InChI=1S/C18H25N5O4/c1-21-16-15(17(25)22(2)18(21)26)23(12-20-16)10-4-3-7-14(24)19-9-8-13-6-5-11-27-13/h5-6,11-12,15-16H,3-4,7-10H2,1-2H3,(H,19,24). The molecule has 3 heterocycles. The normalized spacial score (nSPS) is 21.8. The van der Waals surface area contributed by atoms with Crippen LogP contribution in [0.15, 0.2) is 27.8 Å². The number of hydrogen-bond donors (Lipinski definition) is 1. The fourth-order valence-corrected chi connectivity index (χ4v) is 3.35. The van der Waals surface area contributed by atoms with Gasteiger partial charge in [0, 0.05) is 40.0 Å². The molecule has 0 aliphatic carbocycles. The first kappa shape index (κ1) is 18.9. The monoisotopic (exact) mass is 375 g/mol. The van der Waals surface area contributed by atoms with Gasteiger partial charge in [-0.15, -0.1) is 0 Å². The van der Waals surface area contributed by atoms with Crippen molar-refractivity contribution in [3.8, 4) is 0 Å². The van der Waals surface area contributed by atoms with Gasteiger partial charge in [0.2, 0.25) is 5.91 Å². The highest BCUT2D eigenvalue weighted by Crippen LogP contribution is 2.24. The van der Waals surface area contributed by atoms with E-state index in [9.17, 15) is 14.4 Å². The molecule has 0 radical (unpaired) electrons. The van der Waals surface area contributed by atoms with Crippen LogP contribution >= 0.6 is 0 Å². The van der Waals surface area contributed by atoms with Crippen molar-refractivity contribution in [3.63, 3.8) is 0 Å². The van der Waals surface area contributed by atoms with E-state index in [0.29, 0.717) is 32.4 Å². The lowest BCUT2D eigenvalue weighted by molar-refractivity contribution is -0.136. The molecule has 1 aromatic rings. The van der Waals surface area contributed by atoms with Gasteiger partial charge in [0.25, 0.3) is 5.91 Å². The molecule has 2 aliphatic rings. The smallest absolute Gasteiger partial charge is 0.328 e. The van der Waals surface area contributed by atoms with E-state index < -0.39 is 12.2 Å². The Morgan fingerprint density at radius 3 is 2.85 bits per heavy atom. The second-order valence-electron chi connectivity index (χ2n) is 6.79. The zero-order valence-corrected chi connectivity index (χ0v) is 15.6. The van der Waals surface area contributed by atoms with Crippen LogP contribution in [0.5, 0.6) is 0 Å². The van der Waals surface area contributed by atoms with Gasteiger partial charge < -0.3 is 19.5 Å². The molecule has 2 atom stereocenters. The first-order valence-corrected chi connectivity index (χ1v) is 9.11. The molecular formula is C18H25N5O4. The van der Waals surface area contributed by atoms with Crippen molar-refractivity contribution in [2.45, 2.75) is 37.9 Å². The van der Waals surface area contributed by atoms with E-state index in [1.54, 1.807) is 19.6 Å². The number of hydrogen-bond acceptors (Lipinski definition) is 6. The molecule has 1 fully saturated rings. The fourth-order valence-electron chi connectivity index (χ4n) is 3.35. The van der Waals surface area contributed by atoms with E-state index in [4.69, 9.17) is 4.42 Å². The molecule has 3 rings (SSSR count). The Balaban J connectivity index is 1.37. The Kier molecular flexibility index (Phi) is 5.78. The molecular weight excluding hydrogens is 350 g/mol. The predicted octanol–water partition coefficient (Wildman–Crippen LogP) is 0.671. The lowest BCUT2D eigenvalue weighted by Crippen LogP contribution is -2.63. The molecule has 9 nitrogen and oxygen atoms in total. The molecule has 4 amide bonds. The molecule has 2 aliphatic heterocycles. The molecule has 1 N–H and O–H groups in total. The highest BCUT2D eigenvalue weighted by Gasteiger charge is 2.48. The van der Waals surface area contributed by atoms with Crippen molar-refractivity contribution in [2.75, 3.05) is 27.2 Å². The van der Waals surface area contributed by atoms with Crippen LogP contribution in [0.25, 0.3) is 0 Å². The maximum Gasteiger partial charge on any atom is 0.328 e. The van der Waals surface area contributed by atoms with Gasteiger partial charge >= 0.3 is 6.03 Å². The quantitative estimate of drug-likeness (QED) is 0.674. The van der Waals surface area contributed by atoms with Crippen LogP contribution in [0.2, 0.25) is 0 Å². The number of amides is 4. The van der Waals surface area contributed by atoms with Crippen molar-refractivity contribution in [2.24, 2.45) is 4.99 Å². The van der Waals surface area contributed by atoms with E-state index >= 15 is 0 Å². The van der Waals surface area contributed by atoms with Gasteiger partial charge in [0.15, 0.2) is 12.2 Å². The third-order valence-corrected chi connectivity index (χ3v) is 4.92. The number of carbonyl (C=O) groups is 3. The van der Waals surface area contributed by atoms with Crippen molar-refractivity contribution < 1.29 is 18.8 Å². The average Bonchev–Trinajstić information content (AvgIpc) is 3.31. The van der Waals surface area contributed by atoms with E-state index in [1.165, 1.54) is 11.9 Å². The van der Waals surface area contributed by atoms with Gasteiger partial charge in [-0.25, -0.2) is 9.79 Å². The van der Waals surface area contributed by atoms with Crippen molar-refractivity contribution in [1.82, 2.24) is 20.0 Å². The van der Waals surface area contributed by atoms with Crippen LogP contribution in [0.3, 0.4) is 0 Å². The molecule has 9 heteroatoms.